The fourth-order valence-electron chi connectivity index (χ4n) is 3.00. The van der Waals surface area contributed by atoms with Crippen LogP contribution in [0.3, 0.4) is 0 Å². The molecule has 0 amide bonds. The van der Waals surface area contributed by atoms with Gasteiger partial charge in [-0.25, -0.2) is 14.5 Å². The Morgan fingerprint density at radius 2 is 2.07 bits per heavy atom. The van der Waals surface area contributed by atoms with Crippen molar-refractivity contribution < 1.29 is 14.3 Å². The second-order valence-corrected chi connectivity index (χ2v) is 7.30. The molecule has 4 rings (SSSR count). The summed E-state index contributed by atoms with van der Waals surface area (Å²) in [6.45, 7) is 2.93. The van der Waals surface area contributed by atoms with Gasteiger partial charge in [-0.15, -0.1) is 11.3 Å². The number of carbonyl (C=O) groups is 1. The van der Waals surface area contributed by atoms with Gasteiger partial charge >= 0.3 is 5.97 Å². The van der Waals surface area contributed by atoms with Crippen LogP contribution < -0.4 is 4.74 Å². The lowest BCUT2D eigenvalue weighted by atomic mass is 10.1. The van der Waals surface area contributed by atoms with E-state index in [0.29, 0.717) is 40.1 Å². The van der Waals surface area contributed by atoms with Crippen molar-refractivity contribution in [2.24, 2.45) is 0 Å². The number of fused-ring (bicyclic) bond motifs is 1. The maximum Gasteiger partial charge on any atom is 0.339 e. The third-order valence-corrected chi connectivity index (χ3v) is 5.36. The highest BCUT2D eigenvalue weighted by Crippen LogP contribution is 2.28. The molecular weight excluding hydrogens is 400 g/mol. The van der Waals surface area contributed by atoms with Gasteiger partial charge < -0.3 is 9.47 Å². The van der Waals surface area contributed by atoms with Gasteiger partial charge in [-0.1, -0.05) is 6.07 Å². The van der Waals surface area contributed by atoms with E-state index < -0.39 is 5.97 Å². The highest BCUT2D eigenvalue weighted by Gasteiger charge is 2.18. The maximum absolute atomic E-state index is 12.8. The van der Waals surface area contributed by atoms with Crippen LogP contribution in [0.25, 0.3) is 21.6 Å². The lowest BCUT2D eigenvalue weighted by Gasteiger charge is -2.09. The van der Waals surface area contributed by atoms with Crippen LogP contribution in [0.1, 0.15) is 22.8 Å². The number of benzene rings is 1. The first-order valence-electron chi connectivity index (χ1n) is 9.40. The second kappa shape index (κ2) is 8.76. The molecule has 0 atom stereocenters. The van der Waals surface area contributed by atoms with Crippen molar-refractivity contribution in [3.05, 3.63) is 65.2 Å². The molecule has 150 valence electrons. The first-order valence-corrected chi connectivity index (χ1v) is 10.3. The number of nitriles is 1. The Bertz CT molecular complexity index is 1210. The Labute approximate surface area is 177 Å². The van der Waals surface area contributed by atoms with Gasteiger partial charge in [0, 0.05) is 6.54 Å². The molecule has 7 nitrogen and oxygen atoms in total. The molecule has 0 aliphatic rings. The number of hydrogen-bond acceptors (Lipinski definition) is 7. The minimum atomic E-state index is -0.445. The molecule has 0 radical (unpaired) electrons. The molecule has 0 unspecified atom stereocenters. The number of thiophene rings is 1. The Kier molecular flexibility index (Phi) is 5.72. The molecule has 0 saturated carbocycles. The SMILES string of the molecule is CCn1ncc2c(C(=O)OCCOc3ccc(C#N)cc3)cc(-c3cccs3)nc21. The van der Waals surface area contributed by atoms with Crippen molar-refractivity contribution in [2.75, 3.05) is 13.2 Å². The van der Waals surface area contributed by atoms with Gasteiger partial charge in [0.05, 0.1) is 39.4 Å². The van der Waals surface area contributed by atoms with Crippen LogP contribution in [0.5, 0.6) is 5.75 Å². The van der Waals surface area contributed by atoms with Gasteiger partial charge in [0.15, 0.2) is 5.65 Å². The second-order valence-electron chi connectivity index (χ2n) is 6.35. The summed E-state index contributed by atoms with van der Waals surface area (Å²) < 4.78 is 12.8. The fraction of sp³-hybridized carbons (Fsp3) is 0.182. The topological polar surface area (TPSA) is 90.0 Å². The Hall–Kier alpha value is -3.70. The zero-order chi connectivity index (χ0) is 20.9. The summed E-state index contributed by atoms with van der Waals surface area (Å²) in [5.74, 6) is 0.167. The minimum Gasteiger partial charge on any atom is -0.490 e. The van der Waals surface area contributed by atoms with Crippen LogP contribution in [-0.2, 0) is 11.3 Å². The highest BCUT2D eigenvalue weighted by atomic mass is 32.1. The van der Waals surface area contributed by atoms with Crippen molar-refractivity contribution in [3.63, 3.8) is 0 Å². The van der Waals surface area contributed by atoms with Crippen LogP contribution in [0.2, 0.25) is 0 Å². The molecule has 1 aromatic carbocycles. The van der Waals surface area contributed by atoms with Gasteiger partial charge in [0.1, 0.15) is 19.0 Å². The van der Waals surface area contributed by atoms with E-state index in [9.17, 15) is 4.79 Å². The number of aryl methyl sites for hydroxylation is 1. The van der Waals surface area contributed by atoms with E-state index in [4.69, 9.17) is 19.7 Å². The average molecular weight is 418 g/mol. The summed E-state index contributed by atoms with van der Waals surface area (Å²) in [6.07, 6.45) is 1.65. The molecule has 8 heteroatoms. The number of aromatic nitrogens is 3. The molecule has 0 aliphatic heterocycles. The zero-order valence-corrected chi connectivity index (χ0v) is 17.1. The lowest BCUT2D eigenvalue weighted by molar-refractivity contribution is 0.0452. The van der Waals surface area contributed by atoms with Gasteiger partial charge in [-0.3, -0.25) is 0 Å². The molecule has 0 aliphatic carbocycles. The number of esters is 1. The standard InChI is InChI=1S/C22H18N4O3S/c1-2-26-21-18(14-24-26)17(12-19(25-21)20-4-3-11-30-20)22(27)29-10-9-28-16-7-5-15(13-23)6-8-16/h3-8,11-12,14H,2,9-10H2,1H3. The summed E-state index contributed by atoms with van der Waals surface area (Å²) in [4.78, 5) is 18.5. The largest absolute Gasteiger partial charge is 0.490 e. The Morgan fingerprint density at radius 3 is 2.77 bits per heavy atom. The maximum atomic E-state index is 12.8. The Balaban J connectivity index is 1.49. The monoisotopic (exact) mass is 418 g/mol. The molecule has 3 heterocycles. The van der Waals surface area contributed by atoms with E-state index >= 15 is 0 Å². The van der Waals surface area contributed by atoms with Gasteiger partial charge in [0.2, 0.25) is 0 Å². The zero-order valence-electron chi connectivity index (χ0n) is 16.2. The highest BCUT2D eigenvalue weighted by molar-refractivity contribution is 7.13. The molecule has 30 heavy (non-hydrogen) atoms. The van der Waals surface area contributed by atoms with Crippen LogP contribution >= 0.6 is 11.3 Å². The number of hydrogen-bond donors (Lipinski definition) is 0. The first kappa shape index (κ1) is 19.6. The predicted molar refractivity (Wildman–Crippen MR) is 113 cm³/mol. The molecule has 0 spiro atoms. The summed E-state index contributed by atoms with van der Waals surface area (Å²) in [6, 6.07) is 14.5. The molecular formula is C22H18N4O3S. The van der Waals surface area contributed by atoms with Crippen molar-refractivity contribution >= 4 is 28.3 Å². The molecule has 0 fully saturated rings. The van der Waals surface area contributed by atoms with E-state index in [0.717, 1.165) is 4.88 Å². The van der Waals surface area contributed by atoms with E-state index in [-0.39, 0.29) is 13.2 Å². The number of carbonyl (C=O) groups excluding carboxylic acids is 1. The Morgan fingerprint density at radius 1 is 1.23 bits per heavy atom. The van der Waals surface area contributed by atoms with E-state index in [1.165, 1.54) is 0 Å². The average Bonchev–Trinajstić information content (AvgIpc) is 3.46. The summed E-state index contributed by atoms with van der Waals surface area (Å²) >= 11 is 1.56. The van der Waals surface area contributed by atoms with Gasteiger partial charge in [0.25, 0.3) is 0 Å². The van der Waals surface area contributed by atoms with Crippen molar-refractivity contribution in [2.45, 2.75) is 13.5 Å². The smallest absolute Gasteiger partial charge is 0.339 e. The fourth-order valence-corrected chi connectivity index (χ4v) is 3.68. The van der Waals surface area contributed by atoms with Crippen LogP contribution in [-0.4, -0.2) is 33.9 Å². The first-order chi connectivity index (χ1) is 14.7. The van der Waals surface area contributed by atoms with E-state index in [1.54, 1.807) is 52.5 Å². The molecule has 0 bridgehead atoms. The summed E-state index contributed by atoms with van der Waals surface area (Å²) in [7, 11) is 0. The van der Waals surface area contributed by atoms with Crippen molar-refractivity contribution in [3.8, 4) is 22.4 Å². The van der Waals surface area contributed by atoms with E-state index in [2.05, 4.69) is 11.2 Å². The summed E-state index contributed by atoms with van der Waals surface area (Å²) in [5.41, 5.74) is 2.36. The minimum absolute atomic E-state index is 0.0961. The van der Waals surface area contributed by atoms with Crippen LogP contribution in [0, 0.1) is 11.3 Å². The molecule has 0 N–H and O–H groups in total. The quantitative estimate of drug-likeness (QED) is 0.329. The molecule has 4 aromatic rings. The predicted octanol–water partition coefficient (Wildman–Crippen LogP) is 4.29. The number of pyridine rings is 1. The normalized spacial score (nSPS) is 10.7. The third-order valence-electron chi connectivity index (χ3n) is 4.47. The van der Waals surface area contributed by atoms with Crippen LogP contribution in [0.15, 0.2) is 54.0 Å². The van der Waals surface area contributed by atoms with E-state index in [1.807, 2.05) is 24.4 Å². The number of ether oxygens (including phenoxy) is 2. The van der Waals surface area contributed by atoms with Gasteiger partial charge in [-0.05, 0) is 48.7 Å². The van der Waals surface area contributed by atoms with Crippen molar-refractivity contribution in [1.29, 1.82) is 5.26 Å². The number of rotatable bonds is 7. The number of nitrogens with zero attached hydrogens (tertiary/aromatic N) is 4. The third kappa shape index (κ3) is 4.02. The van der Waals surface area contributed by atoms with Crippen LogP contribution in [0.4, 0.5) is 0 Å². The lowest BCUT2D eigenvalue weighted by Crippen LogP contribution is -2.13. The van der Waals surface area contributed by atoms with Gasteiger partial charge in [-0.2, -0.15) is 10.4 Å². The molecule has 3 aromatic heterocycles. The summed E-state index contributed by atoms with van der Waals surface area (Å²) in [5, 5.41) is 15.8. The molecule has 0 saturated heterocycles. The van der Waals surface area contributed by atoms with Crippen molar-refractivity contribution in [1.82, 2.24) is 14.8 Å².